The molecule has 27 heavy (non-hydrogen) atoms. The number of hydrogen-bond donors (Lipinski definition) is 1. The van der Waals surface area contributed by atoms with Crippen LogP contribution in [0.2, 0.25) is 5.02 Å². The van der Waals surface area contributed by atoms with Gasteiger partial charge in [0.05, 0.1) is 0 Å². The van der Waals surface area contributed by atoms with Gasteiger partial charge in [0.1, 0.15) is 12.2 Å². The van der Waals surface area contributed by atoms with Crippen molar-refractivity contribution < 1.29 is 9.59 Å². The molecule has 1 fully saturated rings. The van der Waals surface area contributed by atoms with Crippen molar-refractivity contribution in [2.24, 2.45) is 5.41 Å². The number of amides is 3. The molecule has 142 valence electrons. The molecule has 1 aliphatic rings. The topological polar surface area (TPSA) is 52.7 Å². The number of anilines is 1. The van der Waals surface area contributed by atoms with Crippen LogP contribution in [0.15, 0.2) is 54.6 Å². The van der Waals surface area contributed by atoms with Gasteiger partial charge in [-0.05, 0) is 29.8 Å². The van der Waals surface area contributed by atoms with Gasteiger partial charge in [0.25, 0.3) is 5.91 Å². The third-order valence-electron chi connectivity index (χ3n) is 4.71. The maximum Gasteiger partial charge on any atom is 0.324 e. The first-order valence-corrected chi connectivity index (χ1v) is 9.24. The van der Waals surface area contributed by atoms with Crippen LogP contribution in [0.4, 0.5) is 10.5 Å². The minimum Gasteiger partial charge on any atom is -0.322 e. The fraction of sp³-hybridized carbons (Fsp3) is 0.333. The fourth-order valence-corrected chi connectivity index (χ4v) is 3.77. The molecule has 0 saturated carbocycles. The van der Waals surface area contributed by atoms with E-state index in [4.69, 9.17) is 11.6 Å². The van der Waals surface area contributed by atoms with Gasteiger partial charge in [0.15, 0.2) is 0 Å². The summed E-state index contributed by atoms with van der Waals surface area (Å²) in [4.78, 5) is 29.6. The van der Waals surface area contributed by atoms with Gasteiger partial charge in [-0.25, -0.2) is 4.79 Å². The van der Waals surface area contributed by atoms with Crippen LogP contribution in [-0.4, -0.2) is 35.0 Å². The highest BCUT2D eigenvalue weighted by atomic mass is 35.5. The van der Waals surface area contributed by atoms with E-state index in [2.05, 4.69) is 5.32 Å². The Balaban J connectivity index is 2.00. The molecule has 1 aliphatic heterocycles. The standard InChI is InChI=1S/C21H24ClN3O2/c1-21(2,3)19-24(4)18(26)17(14-8-6-5-7-9-14)25(19)20(27)23-16-12-10-15(22)11-13-16/h5-13,17,19H,1-4H3,(H,23,27). The molecule has 0 aliphatic carbocycles. The lowest BCUT2D eigenvalue weighted by Gasteiger charge is -2.38. The van der Waals surface area contributed by atoms with Crippen LogP contribution < -0.4 is 5.32 Å². The highest BCUT2D eigenvalue weighted by Gasteiger charge is 2.51. The average molecular weight is 386 g/mol. The van der Waals surface area contributed by atoms with Crippen molar-refractivity contribution in [1.82, 2.24) is 9.80 Å². The lowest BCUT2D eigenvalue weighted by atomic mass is 9.91. The first kappa shape index (κ1) is 19.2. The van der Waals surface area contributed by atoms with Crippen molar-refractivity contribution in [3.63, 3.8) is 0 Å². The van der Waals surface area contributed by atoms with Crippen LogP contribution in [0.3, 0.4) is 0 Å². The van der Waals surface area contributed by atoms with Crippen LogP contribution >= 0.6 is 11.6 Å². The molecular formula is C21H24ClN3O2. The van der Waals surface area contributed by atoms with E-state index in [0.29, 0.717) is 10.7 Å². The lowest BCUT2D eigenvalue weighted by molar-refractivity contribution is -0.129. The predicted molar refractivity (Wildman–Crippen MR) is 108 cm³/mol. The second-order valence-corrected chi connectivity index (χ2v) is 8.28. The van der Waals surface area contributed by atoms with E-state index in [1.54, 1.807) is 41.1 Å². The molecule has 0 aromatic heterocycles. The summed E-state index contributed by atoms with van der Waals surface area (Å²) in [6.45, 7) is 6.08. The van der Waals surface area contributed by atoms with Crippen molar-refractivity contribution in [3.8, 4) is 0 Å². The van der Waals surface area contributed by atoms with Crippen molar-refractivity contribution in [1.29, 1.82) is 0 Å². The molecule has 1 N–H and O–H groups in total. The molecular weight excluding hydrogens is 362 g/mol. The second kappa shape index (κ2) is 7.24. The van der Waals surface area contributed by atoms with Crippen molar-refractivity contribution in [2.45, 2.75) is 33.0 Å². The summed E-state index contributed by atoms with van der Waals surface area (Å²) in [5.74, 6) is -0.0904. The Bertz CT molecular complexity index is 831. The number of hydrogen-bond acceptors (Lipinski definition) is 2. The number of likely N-dealkylation sites (N-methyl/N-ethyl adjacent to an activating group) is 1. The quantitative estimate of drug-likeness (QED) is 0.810. The number of benzene rings is 2. The normalized spacial score (nSPS) is 20.1. The van der Waals surface area contributed by atoms with E-state index in [1.807, 2.05) is 51.1 Å². The molecule has 5 nitrogen and oxygen atoms in total. The fourth-order valence-electron chi connectivity index (χ4n) is 3.65. The summed E-state index contributed by atoms with van der Waals surface area (Å²) in [6.07, 6.45) is -0.373. The average Bonchev–Trinajstić information content (AvgIpc) is 2.89. The van der Waals surface area contributed by atoms with E-state index in [1.165, 1.54) is 0 Å². The van der Waals surface area contributed by atoms with E-state index in [9.17, 15) is 9.59 Å². The largest absolute Gasteiger partial charge is 0.324 e. The predicted octanol–water partition coefficient (Wildman–Crippen LogP) is 4.76. The monoisotopic (exact) mass is 385 g/mol. The minimum atomic E-state index is -0.660. The summed E-state index contributed by atoms with van der Waals surface area (Å²) in [6, 6.07) is 15.3. The Morgan fingerprint density at radius 2 is 1.63 bits per heavy atom. The van der Waals surface area contributed by atoms with Gasteiger partial charge in [0, 0.05) is 23.2 Å². The van der Waals surface area contributed by atoms with E-state index < -0.39 is 6.04 Å². The number of nitrogens with zero attached hydrogens (tertiary/aromatic N) is 2. The van der Waals surface area contributed by atoms with Crippen molar-refractivity contribution in [2.75, 3.05) is 12.4 Å². The van der Waals surface area contributed by atoms with Crippen LogP contribution in [0.5, 0.6) is 0 Å². The molecule has 3 amide bonds. The van der Waals surface area contributed by atoms with Crippen LogP contribution in [-0.2, 0) is 4.79 Å². The number of carbonyl (C=O) groups is 2. The molecule has 3 rings (SSSR count). The van der Waals surface area contributed by atoms with Crippen LogP contribution in [0.1, 0.15) is 32.4 Å². The van der Waals surface area contributed by atoms with E-state index in [-0.39, 0.29) is 23.5 Å². The molecule has 6 heteroatoms. The molecule has 0 bridgehead atoms. The van der Waals surface area contributed by atoms with Crippen LogP contribution in [0.25, 0.3) is 0 Å². The van der Waals surface area contributed by atoms with Gasteiger partial charge in [0.2, 0.25) is 0 Å². The third-order valence-corrected chi connectivity index (χ3v) is 4.96. The molecule has 2 atom stereocenters. The summed E-state index contributed by atoms with van der Waals surface area (Å²) < 4.78 is 0. The molecule has 2 unspecified atom stereocenters. The zero-order valence-electron chi connectivity index (χ0n) is 15.9. The van der Waals surface area contributed by atoms with Gasteiger partial charge < -0.3 is 10.2 Å². The van der Waals surface area contributed by atoms with E-state index in [0.717, 1.165) is 5.56 Å². The van der Waals surface area contributed by atoms with Gasteiger partial charge in [-0.3, -0.25) is 9.69 Å². The second-order valence-electron chi connectivity index (χ2n) is 7.85. The Kier molecular flexibility index (Phi) is 5.16. The Hall–Kier alpha value is -2.53. The summed E-state index contributed by atoms with van der Waals surface area (Å²) >= 11 is 5.93. The van der Waals surface area contributed by atoms with Crippen molar-refractivity contribution in [3.05, 3.63) is 65.2 Å². The Labute approximate surface area is 164 Å². The third kappa shape index (κ3) is 3.78. The lowest BCUT2D eigenvalue weighted by Crippen LogP contribution is -2.50. The molecule has 0 spiro atoms. The highest BCUT2D eigenvalue weighted by Crippen LogP contribution is 2.40. The molecule has 2 aromatic rings. The maximum atomic E-state index is 13.2. The summed E-state index contributed by atoms with van der Waals surface area (Å²) in [5, 5.41) is 3.50. The number of nitrogens with one attached hydrogen (secondary N) is 1. The molecule has 1 saturated heterocycles. The smallest absolute Gasteiger partial charge is 0.322 e. The van der Waals surface area contributed by atoms with Gasteiger partial charge in [-0.1, -0.05) is 62.7 Å². The number of halogens is 1. The first-order chi connectivity index (χ1) is 12.7. The number of carbonyl (C=O) groups excluding carboxylic acids is 2. The maximum absolute atomic E-state index is 13.2. The van der Waals surface area contributed by atoms with Crippen molar-refractivity contribution >= 4 is 29.2 Å². The van der Waals surface area contributed by atoms with Gasteiger partial charge in [-0.2, -0.15) is 0 Å². The summed E-state index contributed by atoms with van der Waals surface area (Å²) in [7, 11) is 1.75. The summed E-state index contributed by atoms with van der Waals surface area (Å²) in [5.41, 5.74) is 1.11. The number of rotatable bonds is 2. The molecule has 0 radical (unpaired) electrons. The van der Waals surface area contributed by atoms with Crippen LogP contribution in [0, 0.1) is 5.41 Å². The highest BCUT2D eigenvalue weighted by molar-refractivity contribution is 6.30. The van der Waals surface area contributed by atoms with Gasteiger partial charge in [-0.15, -0.1) is 0 Å². The molecule has 2 aromatic carbocycles. The van der Waals surface area contributed by atoms with E-state index >= 15 is 0 Å². The number of urea groups is 1. The first-order valence-electron chi connectivity index (χ1n) is 8.86. The Morgan fingerprint density at radius 1 is 1.04 bits per heavy atom. The Morgan fingerprint density at radius 3 is 2.19 bits per heavy atom. The zero-order valence-corrected chi connectivity index (χ0v) is 16.7. The minimum absolute atomic E-state index is 0.0904. The SMILES string of the molecule is CN1C(=O)C(c2ccccc2)N(C(=O)Nc2ccc(Cl)cc2)C1C(C)(C)C. The zero-order chi connectivity index (χ0) is 19.8. The molecule has 1 heterocycles. The van der Waals surface area contributed by atoms with Gasteiger partial charge >= 0.3 is 6.03 Å².